The van der Waals surface area contributed by atoms with Gasteiger partial charge in [-0.05, 0) is 24.6 Å². The summed E-state index contributed by atoms with van der Waals surface area (Å²) in [5, 5.41) is 5.16. The van der Waals surface area contributed by atoms with Gasteiger partial charge in [0.05, 0.1) is 22.3 Å². The molecule has 0 spiro atoms. The minimum atomic E-state index is 0.306. The van der Waals surface area contributed by atoms with Crippen LogP contribution in [0.15, 0.2) is 22.7 Å². The van der Waals surface area contributed by atoms with Gasteiger partial charge in [0.25, 0.3) is 0 Å². The molecule has 2 aromatic heterocycles. The molecule has 0 bridgehead atoms. The van der Waals surface area contributed by atoms with Gasteiger partial charge in [-0.15, -0.1) is 11.6 Å². The predicted octanol–water partition coefficient (Wildman–Crippen LogP) is 4.48. The molecule has 7 heteroatoms. The molecule has 0 N–H and O–H groups in total. The third-order valence-electron chi connectivity index (χ3n) is 3.38. The van der Waals surface area contributed by atoms with Gasteiger partial charge in [0.15, 0.2) is 5.65 Å². The molecule has 0 unspecified atom stereocenters. The van der Waals surface area contributed by atoms with Crippen LogP contribution in [-0.2, 0) is 19.3 Å². The maximum Gasteiger partial charge on any atom is 0.163 e. The average Bonchev–Trinajstić information content (AvgIpc) is 2.99. The zero-order valence-corrected chi connectivity index (χ0v) is 14.7. The summed E-state index contributed by atoms with van der Waals surface area (Å²) in [6.07, 6.45) is 0.822. The SMILES string of the molecule is CCc1nn(C)c2c1nc(CCl)n2-c1cc(Br)ccc1Cl. The number of hydrogen-bond donors (Lipinski definition) is 0. The number of hydrogen-bond acceptors (Lipinski definition) is 2. The van der Waals surface area contributed by atoms with Gasteiger partial charge in [-0.25, -0.2) is 9.67 Å². The van der Waals surface area contributed by atoms with Gasteiger partial charge in [0, 0.05) is 11.5 Å². The number of imidazole rings is 1. The zero-order valence-electron chi connectivity index (χ0n) is 11.6. The molecular formula is C14H13BrCl2N4. The topological polar surface area (TPSA) is 35.6 Å². The van der Waals surface area contributed by atoms with Gasteiger partial charge in [-0.1, -0.05) is 34.5 Å². The summed E-state index contributed by atoms with van der Waals surface area (Å²) >= 11 is 15.9. The molecule has 21 heavy (non-hydrogen) atoms. The molecule has 0 aliphatic heterocycles. The summed E-state index contributed by atoms with van der Waals surface area (Å²) in [5.74, 6) is 1.06. The summed E-state index contributed by atoms with van der Waals surface area (Å²) in [6, 6.07) is 5.71. The lowest BCUT2D eigenvalue weighted by atomic mass is 10.3. The van der Waals surface area contributed by atoms with Crippen LogP contribution in [0.4, 0.5) is 0 Å². The van der Waals surface area contributed by atoms with E-state index in [1.807, 2.05) is 34.5 Å². The second-order valence-corrected chi connectivity index (χ2v) is 6.28. The van der Waals surface area contributed by atoms with Crippen LogP contribution in [0.1, 0.15) is 18.4 Å². The van der Waals surface area contributed by atoms with E-state index in [9.17, 15) is 0 Å². The van der Waals surface area contributed by atoms with Crippen LogP contribution >= 0.6 is 39.1 Å². The van der Waals surface area contributed by atoms with E-state index in [4.69, 9.17) is 23.2 Å². The van der Waals surface area contributed by atoms with Crippen molar-refractivity contribution >= 4 is 50.3 Å². The van der Waals surface area contributed by atoms with Crippen LogP contribution in [0, 0.1) is 0 Å². The average molecular weight is 388 g/mol. The first kappa shape index (κ1) is 14.9. The summed E-state index contributed by atoms with van der Waals surface area (Å²) in [7, 11) is 1.91. The summed E-state index contributed by atoms with van der Waals surface area (Å²) < 4.78 is 4.75. The fraction of sp³-hybridized carbons (Fsp3) is 0.286. The number of halogens is 3. The molecule has 0 aliphatic carbocycles. The molecule has 0 radical (unpaired) electrons. The second kappa shape index (κ2) is 5.63. The lowest BCUT2D eigenvalue weighted by Crippen LogP contribution is -2.05. The highest BCUT2D eigenvalue weighted by Crippen LogP contribution is 2.31. The highest BCUT2D eigenvalue weighted by molar-refractivity contribution is 9.10. The Hall–Kier alpha value is -1.04. The van der Waals surface area contributed by atoms with Gasteiger partial charge >= 0.3 is 0 Å². The maximum atomic E-state index is 6.37. The highest BCUT2D eigenvalue weighted by Gasteiger charge is 2.20. The Morgan fingerprint density at radius 1 is 1.33 bits per heavy atom. The first-order valence-electron chi connectivity index (χ1n) is 6.51. The summed E-state index contributed by atoms with van der Waals surface area (Å²) in [4.78, 5) is 4.64. The summed E-state index contributed by atoms with van der Waals surface area (Å²) in [6.45, 7) is 2.06. The van der Waals surface area contributed by atoms with Crippen molar-refractivity contribution in [3.05, 3.63) is 39.2 Å². The van der Waals surface area contributed by atoms with Gasteiger partial charge in [-0.3, -0.25) is 4.57 Å². The number of aryl methyl sites for hydroxylation is 2. The third-order valence-corrected chi connectivity index (χ3v) is 4.43. The third kappa shape index (κ3) is 2.37. The molecule has 0 saturated heterocycles. The number of nitrogens with zero attached hydrogens (tertiary/aromatic N) is 4. The van der Waals surface area contributed by atoms with Gasteiger partial charge < -0.3 is 0 Å². The summed E-state index contributed by atoms with van der Waals surface area (Å²) in [5.41, 5.74) is 3.59. The molecule has 0 aliphatic rings. The van der Waals surface area contributed by atoms with Gasteiger partial charge in [0.2, 0.25) is 0 Å². The molecule has 4 nitrogen and oxygen atoms in total. The van der Waals surface area contributed by atoms with Crippen molar-refractivity contribution in [1.82, 2.24) is 19.3 Å². The van der Waals surface area contributed by atoms with E-state index in [0.29, 0.717) is 10.9 Å². The van der Waals surface area contributed by atoms with Crippen LogP contribution in [0.5, 0.6) is 0 Å². The zero-order chi connectivity index (χ0) is 15.1. The molecule has 3 rings (SSSR count). The molecule has 0 saturated carbocycles. The Kier molecular flexibility index (Phi) is 3.99. The number of alkyl halides is 1. The quantitative estimate of drug-likeness (QED) is 0.621. The smallest absolute Gasteiger partial charge is 0.163 e. The van der Waals surface area contributed by atoms with Gasteiger partial charge in [0.1, 0.15) is 11.3 Å². The maximum absolute atomic E-state index is 6.37. The van der Waals surface area contributed by atoms with E-state index >= 15 is 0 Å². The van der Waals surface area contributed by atoms with Crippen molar-refractivity contribution in [2.75, 3.05) is 0 Å². The van der Waals surface area contributed by atoms with E-state index < -0.39 is 0 Å². The minimum Gasteiger partial charge on any atom is -0.278 e. The van der Waals surface area contributed by atoms with Crippen molar-refractivity contribution in [3.63, 3.8) is 0 Å². The molecule has 3 aromatic rings. The largest absolute Gasteiger partial charge is 0.278 e. The molecule has 0 fully saturated rings. The van der Waals surface area contributed by atoms with Gasteiger partial charge in [-0.2, -0.15) is 5.10 Å². The number of rotatable bonds is 3. The fourth-order valence-electron chi connectivity index (χ4n) is 2.46. The number of aromatic nitrogens is 4. The van der Waals surface area contributed by atoms with Crippen molar-refractivity contribution < 1.29 is 0 Å². The van der Waals surface area contributed by atoms with Crippen LogP contribution < -0.4 is 0 Å². The van der Waals surface area contributed by atoms with Crippen LogP contribution in [0.25, 0.3) is 16.9 Å². The molecule has 2 heterocycles. The first-order chi connectivity index (χ1) is 10.1. The van der Waals surface area contributed by atoms with Crippen molar-refractivity contribution in [1.29, 1.82) is 0 Å². The van der Waals surface area contributed by atoms with Crippen molar-refractivity contribution in [2.45, 2.75) is 19.2 Å². The van der Waals surface area contributed by atoms with Crippen molar-refractivity contribution in [3.8, 4) is 5.69 Å². The Balaban J connectivity index is 2.40. The highest BCUT2D eigenvalue weighted by atomic mass is 79.9. The standard InChI is InChI=1S/C14H13BrCl2N4/c1-3-10-13-14(20(2)19-10)21(12(7-16)18-13)11-6-8(15)4-5-9(11)17/h4-6H,3,7H2,1-2H3. The van der Waals surface area contributed by atoms with E-state index in [1.165, 1.54) is 0 Å². The molecular weight excluding hydrogens is 375 g/mol. The Morgan fingerprint density at radius 3 is 2.76 bits per heavy atom. The molecule has 0 amide bonds. The normalized spacial score (nSPS) is 11.5. The first-order valence-corrected chi connectivity index (χ1v) is 8.22. The number of fused-ring (bicyclic) bond motifs is 1. The monoisotopic (exact) mass is 386 g/mol. The van der Waals surface area contributed by atoms with E-state index in [-0.39, 0.29) is 0 Å². The minimum absolute atomic E-state index is 0.306. The number of benzene rings is 1. The van der Waals surface area contributed by atoms with Crippen LogP contribution in [0.2, 0.25) is 5.02 Å². The van der Waals surface area contributed by atoms with E-state index in [0.717, 1.165) is 39.3 Å². The van der Waals surface area contributed by atoms with Crippen molar-refractivity contribution in [2.24, 2.45) is 7.05 Å². The Labute approximate surface area is 140 Å². The van der Waals surface area contributed by atoms with E-state index in [2.05, 4.69) is 32.9 Å². The van der Waals surface area contributed by atoms with Crippen LogP contribution in [0.3, 0.4) is 0 Å². The fourth-order valence-corrected chi connectivity index (χ4v) is 3.19. The molecule has 110 valence electrons. The Morgan fingerprint density at radius 2 is 2.10 bits per heavy atom. The van der Waals surface area contributed by atoms with E-state index in [1.54, 1.807) is 0 Å². The second-order valence-electron chi connectivity index (χ2n) is 4.69. The van der Waals surface area contributed by atoms with Crippen LogP contribution in [-0.4, -0.2) is 19.3 Å². The lowest BCUT2D eigenvalue weighted by Gasteiger charge is -2.10. The molecule has 0 atom stereocenters. The lowest BCUT2D eigenvalue weighted by molar-refractivity contribution is 0.744. The molecule has 1 aromatic carbocycles. The predicted molar refractivity (Wildman–Crippen MR) is 89.5 cm³/mol. The Bertz CT molecular complexity index is 822.